The number of likely N-dealkylation sites (N-methyl/N-ethyl adjacent to an activating group) is 1. The average Bonchev–Trinajstić information content (AvgIpc) is 2.98. The summed E-state index contributed by atoms with van der Waals surface area (Å²) in [5.41, 5.74) is 5.01. The van der Waals surface area contributed by atoms with Crippen LogP contribution in [-0.2, 0) is 10.3 Å². The van der Waals surface area contributed by atoms with Gasteiger partial charge in [0.25, 0.3) is 12.3 Å². The molecule has 4 rings (SSSR count). The minimum absolute atomic E-state index is 0.0959. The van der Waals surface area contributed by atoms with Gasteiger partial charge in [0.15, 0.2) is 11.5 Å². The quantitative estimate of drug-likeness (QED) is 0.660. The number of benzene rings is 1. The molecule has 6 nitrogen and oxygen atoms in total. The Morgan fingerprint density at radius 3 is 2.39 bits per heavy atom. The van der Waals surface area contributed by atoms with E-state index < -0.39 is 23.7 Å². The highest BCUT2D eigenvalue weighted by Crippen LogP contribution is 2.42. The second kappa shape index (κ2) is 7.66. The highest BCUT2D eigenvalue weighted by molar-refractivity contribution is 6.31. The number of aliphatic imine (C=N–C) groups is 1. The summed E-state index contributed by atoms with van der Waals surface area (Å²) in [6.07, 6.45) is 1.99. The summed E-state index contributed by atoms with van der Waals surface area (Å²) in [6.45, 7) is 0. The molecule has 1 amide bonds. The Bertz CT molecular complexity index is 1220. The fraction of sp³-hybridized carbons (Fsp3) is 0.143. The summed E-state index contributed by atoms with van der Waals surface area (Å²) in [4.78, 5) is 26.5. The van der Waals surface area contributed by atoms with Crippen LogP contribution in [0.3, 0.4) is 0 Å². The van der Waals surface area contributed by atoms with E-state index in [4.69, 9.17) is 17.3 Å². The Kier molecular flexibility index (Phi) is 5.14. The summed E-state index contributed by atoms with van der Waals surface area (Å²) < 4.78 is 40.4. The van der Waals surface area contributed by atoms with Crippen molar-refractivity contribution in [1.82, 2.24) is 14.9 Å². The normalized spacial score (nSPS) is 18.6. The van der Waals surface area contributed by atoms with Gasteiger partial charge in [-0.15, -0.1) is 0 Å². The zero-order chi connectivity index (χ0) is 22.3. The number of pyridine rings is 2. The zero-order valence-electron chi connectivity index (χ0n) is 16.1. The fourth-order valence-electron chi connectivity index (χ4n) is 3.49. The van der Waals surface area contributed by atoms with Gasteiger partial charge in [-0.2, -0.15) is 0 Å². The maximum absolute atomic E-state index is 13.7. The van der Waals surface area contributed by atoms with E-state index >= 15 is 0 Å². The van der Waals surface area contributed by atoms with Crippen LogP contribution in [0.15, 0.2) is 60.1 Å². The Balaban J connectivity index is 1.99. The van der Waals surface area contributed by atoms with Crippen molar-refractivity contribution in [1.29, 1.82) is 0 Å². The highest BCUT2D eigenvalue weighted by atomic mass is 35.5. The van der Waals surface area contributed by atoms with Crippen molar-refractivity contribution in [2.24, 2.45) is 10.7 Å². The predicted octanol–water partition coefficient (Wildman–Crippen LogP) is 3.90. The van der Waals surface area contributed by atoms with E-state index in [1.54, 1.807) is 12.1 Å². The summed E-state index contributed by atoms with van der Waals surface area (Å²) in [5, 5.41) is 0.227. The molecule has 3 heterocycles. The molecular formula is C21H15ClF3N5O. The number of amides is 1. The van der Waals surface area contributed by atoms with Gasteiger partial charge in [-0.25, -0.2) is 18.2 Å². The number of rotatable bonds is 4. The van der Waals surface area contributed by atoms with Crippen LogP contribution in [0.1, 0.15) is 23.1 Å². The molecule has 3 aromatic rings. The molecule has 1 aromatic carbocycles. The molecule has 10 heteroatoms. The molecule has 0 saturated heterocycles. The molecule has 0 bridgehead atoms. The van der Waals surface area contributed by atoms with Gasteiger partial charge in [0, 0.05) is 47.4 Å². The standard InChI is InChI=1S/C21H15ClF3N5O/c1-30-19(31)21(29-20(30)26,15-3-13(18(24)25)8-27-9-15)14-2-11(4-16(22)6-14)12-5-17(23)10-28-7-12/h2-10,18H,1H3,(H2,26,29). The molecule has 0 radical (unpaired) electrons. The van der Waals surface area contributed by atoms with Crippen LogP contribution < -0.4 is 5.73 Å². The van der Waals surface area contributed by atoms with Gasteiger partial charge in [-0.3, -0.25) is 19.7 Å². The molecule has 0 aliphatic carbocycles. The van der Waals surface area contributed by atoms with Crippen molar-refractivity contribution in [3.05, 3.63) is 82.6 Å². The SMILES string of the molecule is CN1C(=O)C(c2cc(Cl)cc(-c3cncc(F)c3)c2)(c2cncc(C(F)F)c2)N=C1N. The van der Waals surface area contributed by atoms with E-state index in [-0.39, 0.29) is 27.7 Å². The molecule has 1 aliphatic rings. The monoisotopic (exact) mass is 445 g/mol. The molecule has 158 valence electrons. The second-order valence-electron chi connectivity index (χ2n) is 6.97. The van der Waals surface area contributed by atoms with E-state index in [1.165, 1.54) is 31.6 Å². The lowest BCUT2D eigenvalue weighted by Crippen LogP contribution is -2.41. The smallest absolute Gasteiger partial charge is 0.266 e. The van der Waals surface area contributed by atoms with Gasteiger partial charge in [0.05, 0.1) is 6.20 Å². The van der Waals surface area contributed by atoms with Crippen LogP contribution >= 0.6 is 11.6 Å². The molecule has 0 fully saturated rings. The molecule has 1 aliphatic heterocycles. The van der Waals surface area contributed by atoms with Gasteiger partial charge in [-0.05, 0) is 41.5 Å². The van der Waals surface area contributed by atoms with Crippen molar-refractivity contribution in [3.8, 4) is 11.1 Å². The molecule has 1 unspecified atom stereocenters. The third-order valence-electron chi connectivity index (χ3n) is 5.02. The Labute approximate surface area is 180 Å². The zero-order valence-corrected chi connectivity index (χ0v) is 16.8. The number of hydrogen-bond donors (Lipinski definition) is 1. The lowest BCUT2D eigenvalue weighted by atomic mass is 9.82. The van der Waals surface area contributed by atoms with Gasteiger partial charge >= 0.3 is 0 Å². The van der Waals surface area contributed by atoms with Crippen molar-refractivity contribution in [3.63, 3.8) is 0 Å². The number of halogens is 4. The third-order valence-corrected chi connectivity index (χ3v) is 5.24. The second-order valence-corrected chi connectivity index (χ2v) is 7.41. The Morgan fingerprint density at radius 1 is 1.00 bits per heavy atom. The molecule has 0 saturated carbocycles. The molecule has 31 heavy (non-hydrogen) atoms. The molecule has 2 N–H and O–H groups in total. The van der Waals surface area contributed by atoms with Crippen LogP contribution in [0.25, 0.3) is 11.1 Å². The highest BCUT2D eigenvalue weighted by Gasteiger charge is 2.50. The predicted molar refractivity (Wildman–Crippen MR) is 109 cm³/mol. The number of guanidine groups is 1. The van der Waals surface area contributed by atoms with E-state index in [1.807, 2.05) is 0 Å². The van der Waals surface area contributed by atoms with Crippen molar-refractivity contribution >= 4 is 23.5 Å². The first-order valence-electron chi connectivity index (χ1n) is 9.01. The molecule has 0 spiro atoms. The molecule has 1 atom stereocenters. The van der Waals surface area contributed by atoms with E-state index in [0.717, 1.165) is 23.4 Å². The van der Waals surface area contributed by atoms with E-state index in [0.29, 0.717) is 11.1 Å². The Hall–Kier alpha value is -3.46. The van der Waals surface area contributed by atoms with Crippen LogP contribution in [0.2, 0.25) is 5.02 Å². The van der Waals surface area contributed by atoms with Crippen LogP contribution in [0, 0.1) is 5.82 Å². The van der Waals surface area contributed by atoms with E-state index in [9.17, 15) is 18.0 Å². The first kappa shape index (κ1) is 20.8. The fourth-order valence-corrected chi connectivity index (χ4v) is 3.73. The van der Waals surface area contributed by atoms with Gasteiger partial charge in [0.2, 0.25) is 0 Å². The minimum Gasteiger partial charge on any atom is -0.369 e. The first-order chi connectivity index (χ1) is 14.7. The first-order valence-corrected chi connectivity index (χ1v) is 9.39. The van der Waals surface area contributed by atoms with Crippen LogP contribution in [0.5, 0.6) is 0 Å². The van der Waals surface area contributed by atoms with Crippen molar-refractivity contribution < 1.29 is 18.0 Å². The number of carbonyl (C=O) groups excluding carboxylic acids is 1. The lowest BCUT2D eigenvalue weighted by molar-refractivity contribution is -0.129. The number of nitrogens with zero attached hydrogens (tertiary/aromatic N) is 4. The third kappa shape index (κ3) is 3.50. The van der Waals surface area contributed by atoms with Crippen molar-refractivity contribution in [2.75, 3.05) is 7.05 Å². The maximum atomic E-state index is 13.7. The average molecular weight is 446 g/mol. The summed E-state index contributed by atoms with van der Waals surface area (Å²) >= 11 is 6.32. The summed E-state index contributed by atoms with van der Waals surface area (Å²) in [5.74, 6) is -1.22. The number of aromatic nitrogens is 2. The Morgan fingerprint density at radius 2 is 1.74 bits per heavy atom. The van der Waals surface area contributed by atoms with E-state index in [2.05, 4.69) is 15.0 Å². The number of carbonyl (C=O) groups is 1. The maximum Gasteiger partial charge on any atom is 0.266 e. The summed E-state index contributed by atoms with van der Waals surface area (Å²) in [6, 6.07) is 7.05. The number of nitrogens with two attached hydrogens (primary N) is 1. The topological polar surface area (TPSA) is 84.5 Å². The van der Waals surface area contributed by atoms with Crippen LogP contribution in [-0.4, -0.2) is 33.8 Å². The lowest BCUT2D eigenvalue weighted by Gasteiger charge is -2.27. The molecule has 2 aromatic heterocycles. The van der Waals surface area contributed by atoms with Gasteiger partial charge in [-0.1, -0.05) is 11.6 Å². The minimum atomic E-state index is -2.80. The van der Waals surface area contributed by atoms with Crippen molar-refractivity contribution in [2.45, 2.75) is 12.0 Å². The van der Waals surface area contributed by atoms with Gasteiger partial charge in [0.1, 0.15) is 5.82 Å². The number of alkyl halides is 2. The van der Waals surface area contributed by atoms with Gasteiger partial charge < -0.3 is 5.73 Å². The largest absolute Gasteiger partial charge is 0.369 e. The summed E-state index contributed by atoms with van der Waals surface area (Å²) in [7, 11) is 1.43. The van der Waals surface area contributed by atoms with Crippen LogP contribution in [0.4, 0.5) is 13.2 Å². The molecular weight excluding hydrogens is 431 g/mol. The number of hydrogen-bond acceptors (Lipinski definition) is 5.